The van der Waals surface area contributed by atoms with Gasteiger partial charge in [0.2, 0.25) is 0 Å². The van der Waals surface area contributed by atoms with Crippen molar-refractivity contribution in [2.24, 2.45) is 11.1 Å². The van der Waals surface area contributed by atoms with Crippen molar-refractivity contribution in [1.82, 2.24) is 0 Å². The lowest BCUT2D eigenvalue weighted by Gasteiger charge is -2.47. The molecule has 4 nitrogen and oxygen atoms in total. The summed E-state index contributed by atoms with van der Waals surface area (Å²) in [5.41, 5.74) is 2.98. The number of rotatable bonds is 5. The molecule has 0 rings (SSSR count). The zero-order valence-electron chi connectivity index (χ0n) is 9.83. The lowest BCUT2D eigenvalue weighted by Crippen LogP contribution is -2.66. The Bertz CT molecular complexity index is 276. The van der Waals surface area contributed by atoms with Crippen molar-refractivity contribution in [3.8, 4) is 0 Å². The highest BCUT2D eigenvalue weighted by molar-refractivity contribution is 8.00. The SMILES string of the molecule is CSC(C)(C)C(C)(C)C(N)(C=O)C(=O)O. The van der Waals surface area contributed by atoms with E-state index in [0.29, 0.717) is 6.29 Å². The first-order valence-electron chi connectivity index (χ1n) is 4.60. The fourth-order valence-corrected chi connectivity index (χ4v) is 1.90. The van der Waals surface area contributed by atoms with Gasteiger partial charge in [0.15, 0.2) is 11.8 Å². The van der Waals surface area contributed by atoms with Crippen LogP contribution in [0.25, 0.3) is 0 Å². The Morgan fingerprint density at radius 2 is 1.73 bits per heavy atom. The number of thioether (sulfide) groups is 1. The lowest BCUT2D eigenvalue weighted by molar-refractivity contribution is -0.151. The molecular formula is C10H19NO3S. The molecule has 0 saturated carbocycles. The molecule has 1 unspecified atom stereocenters. The normalized spacial score (nSPS) is 16.9. The minimum atomic E-state index is -1.86. The van der Waals surface area contributed by atoms with Crippen LogP contribution in [-0.2, 0) is 9.59 Å². The number of aliphatic carboxylic acids is 1. The summed E-state index contributed by atoms with van der Waals surface area (Å²) >= 11 is 1.49. The topological polar surface area (TPSA) is 80.4 Å². The molecule has 0 saturated heterocycles. The Balaban J connectivity index is 5.52. The van der Waals surface area contributed by atoms with Gasteiger partial charge in [0, 0.05) is 10.2 Å². The van der Waals surface area contributed by atoms with Crippen LogP contribution in [0, 0.1) is 5.41 Å². The van der Waals surface area contributed by atoms with Gasteiger partial charge in [-0.05, 0) is 6.26 Å². The van der Waals surface area contributed by atoms with E-state index in [0.717, 1.165) is 0 Å². The van der Waals surface area contributed by atoms with Crippen LogP contribution in [0.5, 0.6) is 0 Å². The number of aldehydes is 1. The zero-order valence-corrected chi connectivity index (χ0v) is 10.6. The zero-order chi connectivity index (χ0) is 12.5. The molecule has 0 aromatic carbocycles. The number of carboxylic acid groups (broad SMARTS) is 1. The van der Waals surface area contributed by atoms with Crippen LogP contribution in [0.4, 0.5) is 0 Å². The van der Waals surface area contributed by atoms with E-state index in [-0.39, 0.29) is 0 Å². The van der Waals surface area contributed by atoms with Gasteiger partial charge in [0.25, 0.3) is 0 Å². The Morgan fingerprint density at radius 1 is 1.33 bits per heavy atom. The first kappa shape index (κ1) is 14.5. The molecule has 0 aliphatic heterocycles. The van der Waals surface area contributed by atoms with Gasteiger partial charge in [-0.1, -0.05) is 27.7 Å². The highest BCUT2D eigenvalue weighted by Gasteiger charge is 2.56. The number of carbonyl (C=O) groups excluding carboxylic acids is 1. The first-order chi connectivity index (χ1) is 6.56. The van der Waals surface area contributed by atoms with E-state index in [1.54, 1.807) is 13.8 Å². The molecular weight excluding hydrogens is 214 g/mol. The molecule has 0 heterocycles. The fraction of sp³-hybridized carbons (Fsp3) is 0.800. The summed E-state index contributed by atoms with van der Waals surface area (Å²) in [5, 5.41) is 9.06. The van der Waals surface area contributed by atoms with Crippen LogP contribution in [0.1, 0.15) is 27.7 Å². The standard InChI is InChI=1S/C10H19NO3S/c1-8(2,9(3,4)15-5)10(11,6-12)7(13)14/h6H,11H2,1-5H3,(H,13,14). The third-order valence-electron chi connectivity index (χ3n) is 3.59. The molecule has 0 fully saturated rings. The second kappa shape index (κ2) is 4.14. The summed E-state index contributed by atoms with van der Waals surface area (Å²) in [6, 6.07) is 0. The summed E-state index contributed by atoms with van der Waals surface area (Å²) in [7, 11) is 0. The van der Waals surface area contributed by atoms with Crippen LogP contribution in [-0.4, -0.2) is 33.9 Å². The average molecular weight is 233 g/mol. The molecule has 88 valence electrons. The van der Waals surface area contributed by atoms with E-state index >= 15 is 0 Å². The van der Waals surface area contributed by atoms with Gasteiger partial charge in [0.05, 0.1) is 0 Å². The second-order valence-electron chi connectivity index (χ2n) is 4.63. The van der Waals surface area contributed by atoms with Crippen LogP contribution in [0.2, 0.25) is 0 Å². The fourth-order valence-electron chi connectivity index (χ4n) is 1.22. The van der Waals surface area contributed by atoms with E-state index in [9.17, 15) is 9.59 Å². The summed E-state index contributed by atoms with van der Waals surface area (Å²) < 4.78 is -0.416. The van der Waals surface area contributed by atoms with Gasteiger partial charge in [0.1, 0.15) is 0 Å². The maximum absolute atomic E-state index is 11.1. The third kappa shape index (κ3) is 2.03. The minimum absolute atomic E-state index is 0.327. The van der Waals surface area contributed by atoms with Crippen molar-refractivity contribution in [1.29, 1.82) is 0 Å². The predicted octanol–water partition coefficient (Wildman–Crippen LogP) is 1.14. The maximum Gasteiger partial charge on any atom is 0.331 e. The Hall–Kier alpha value is -0.550. The van der Waals surface area contributed by atoms with Gasteiger partial charge < -0.3 is 15.6 Å². The van der Waals surface area contributed by atoms with Crippen molar-refractivity contribution in [2.45, 2.75) is 38.0 Å². The summed E-state index contributed by atoms with van der Waals surface area (Å²) in [4.78, 5) is 22.1. The monoisotopic (exact) mass is 233 g/mol. The Morgan fingerprint density at radius 3 is 1.93 bits per heavy atom. The summed E-state index contributed by atoms with van der Waals surface area (Å²) in [5.74, 6) is -1.29. The molecule has 0 bridgehead atoms. The quantitative estimate of drug-likeness (QED) is 0.549. The van der Waals surface area contributed by atoms with Crippen molar-refractivity contribution < 1.29 is 14.7 Å². The number of hydrogen-bond acceptors (Lipinski definition) is 4. The molecule has 0 spiro atoms. The van der Waals surface area contributed by atoms with Crippen molar-refractivity contribution in [3.05, 3.63) is 0 Å². The molecule has 0 aromatic rings. The molecule has 0 aromatic heterocycles. The maximum atomic E-state index is 11.1. The van der Waals surface area contributed by atoms with Gasteiger partial charge >= 0.3 is 5.97 Å². The largest absolute Gasteiger partial charge is 0.480 e. The van der Waals surface area contributed by atoms with E-state index in [1.165, 1.54) is 11.8 Å². The van der Waals surface area contributed by atoms with Crippen LogP contribution >= 0.6 is 11.8 Å². The van der Waals surface area contributed by atoms with Crippen molar-refractivity contribution in [3.63, 3.8) is 0 Å². The van der Waals surface area contributed by atoms with E-state index in [1.807, 2.05) is 20.1 Å². The number of hydrogen-bond donors (Lipinski definition) is 2. The molecule has 0 aliphatic rings. The van der Waals surface area contributed by atoms with Gasteiger partial charge in [-0.2, -0.15) is 11.8 Å². The second-order valence-corrected chi connectivity index (χ2v) is 6.06. The van der Waals surface area contributed by atoms with E-state index < -0.39 is 21.7 Å². The third-order valence-corrected chi connectivity index (χ3v) is 5.12. The van der Waals surface area contributed by atoms with Crippen LogP contribution in [0.15, 0.2) is 0 Å². The minimum Gasteiger partial charge on any atom is -0.480 e. The summed E-state index contributed by atoms with van der Waals surface area (Å²) in [6.45, 7) is 7.16. The summed E-state index contributed by atoms with van der Waals surface area (Å²) in [6.07, 6.45) is 2.20. The molecule has 3 N–H and O–H groups in total. The molecule has 0 aliphatic carbocycles. The Kier molecular flexibility index (Phi) is 3.98. The van der Waals surface area contributed by atoms with Gasteiger partial charge in [-0.15, -0.1) is 0 Å². The van der Waals surface area contributed by atoms with Crippen LogP contribution in [0.3, 0.4) is 0 Å². The highest BCUT2D eigenvalue weighted by Crippen LogP contribution is 2.46. The molecule has 5 heteroatoms. The van der Waals surface area contributed by atoms with E-state index in [2.05, 4.69) is 0 Å². The Labute approximate surface area is 94.6 Å². The number of carbonyl (C=O) groups is 2. The number of nitrogens with two attached hydrogens (primary N) is 1. The first-order valence-corrected chi connectivity index (χ1v) is 5.83. The molecule has 1 atom stereocenters. The van der Waals surface area contributed by atoms with Crippen molar-refractivity contribution in [2.75, 3.05) is 6.26 Å². The van der Waals surface area contributed by atoms with Crippen molar-refractivity contribution >= 4 is 24.0 Å². The molecule has 15 heavy (non-hydrogen) atoms. The van der Waals surface area contributed by atoms with Gasteiger partial charge in [-0.3, -0.25) is 0 Å². The van der Waals surface area contributed by atoms with E-state index in [4.69, 9.17) is 10.8 Å². The highest BCUT2D eigenvalue weighted by atomic mass is 32.2. The van der Waals surface area contributed by atoms with Gasteiger partial charge in [-0.25, -0.2) is 4.79 Å². The predicted molar refractivity (Wildman–Crippen MR) is 62.0 cm³/mol. The van der Waals surface area contributed by atoms with Crippen LogP contribution < -0.4 is 5.73 Å². The smallest absolute Gasteiger partial charge is 0.331 e. The molecule has 0 radical (unpaired) electrons. The molecule has 0 amide bonds. The number of carboxylic acids is 1. The average Bonchev–Trinajstić information content (AvgIpc) is 2.15. The lowest BCUT2D eigenvalue weighted by atomic mass is 9.66.